The summed E-state index contributed by atoms with van der Waals surface area (Å²) in [7, 11) is 0. The lowest BCUT2D eigenvalue weighted by atomic mass is 9.93. The van der Waals surface area contributed by atoms with Gasteiger partial charge in [-0.25, -0.2) is 0 Å². The second-order valence-electron chi connectivity index (χ2n) is 8.14. The summed E-state index contributed by atoms with van der Waals surface area (Å²) in [4.78, 5) is 11.5. The van der Waals surface area contributed by atoms with Crippen LogP contribution in [0, 0.1) is 10.1 Å². The summed E-state index contributed by atoms with van der Waals surface area (Å²) in [5.74, 6) is 0. The summed E-state index contributed by atoms with van der Waals surface area (Å²) in [5.41, 5.74) is 4.28. The van der Waals surface area contributed by atoms with Gasteiger partial charge in [-0.1, -0.05) is 54.6 Å². The van der Waals surface area contributed by atoms with E-state index in [1.807, 2.05) is 66.7 Å². The molecule has 0 saturated carbocycles. The Morgan fingerprint density at radius 2 is 1.27 bits per heavy atom. The summed E-state index contributed by atoms with van der Waals surface area (Å²) in [6.45, 7) is 0. The highest BCUT2D eigenvalue weighted by Gasteiger charge is 2.23. The molecule has 7 aromatic rings. The Morgan fingerprint density at radius 3 is 2.06 bits per heavy atom. The molecule has 0 saturated heterocycles. The van der Waals surface area contributed by atoms with Gasteiger partial charge in [0.05, 0.1) is 10.5 Å². The topological polar surface area (TPSA) is 69.4 Å². The van der Waals surface area contributed by atoms with E-state index in [9.17, 15) is 10.1 Å². The number of rotatable bonds is 2. The molecule has 0 aliphatic rings. The van der Waals surface area contributed by atoms with Gasteiger partial charge in [0, 0.05) is 38.6 Å². The van der Waals surface area contributed by atoms with Crippen molar-refractivity contribution in [3.8, 4) is 11.1 Å². The molecule has 5 aromatic carbocycles. The summed E-state index contributed by atoms with van der Waals surface area (Å²) in [6, 6.07) is 28.6. The first-order valence-corrected chi connectivity index (χ1v) is 10.6. The van der Waals surface area contributed by atoms with Gasteiger partial charge in [-0.3, -0.25) is 10.1 Å². The SMILES string of the molecule is O=[N+]([O-])c1ccccc1-c1cc2ccc3oc4ccccc4c3c2c2c1oc1ccccc12. The van der Waals surface area contributed by atoms with E-state index < -0.39 is 0 Å². The van der Waals surface area contributed by atoms with Crippen LogP contribution in [0.25, 0.3) is 65.8 Å². The Labute approximate surface area is 186 Å². The predicted octanol–water partition coefficient (Wildman–Crippen LogP) is 8.21. The maximum Gasteiger partial charge on any atom is 0.277 e. The van der Waals surface area contributed by atoms with Crippen molar-refractivity contribution in [1.82, 2.24) is 0 Å². The van der Waals surface area contributed by atoms with E-state index in [-0.39, 0.29) is 10.6 Å². The fraction of sp³-hybridized carbons (Fsp3) is 0. The van der Waals surface area contributed by atoms with Gasteiger partial charge in [0.2, 0.25) is 0 Å². The van der Waals surface area contributed by atoms with Crippen LogP contribution in [0.2, 0.25) is 0 Å². The number of fused-ring (bicyclic) bond motifs is 9. The average Bonchev–Trinajstić information content (AvgIpc) is 3.42. The summed E-state index contributed by atoms with van der Waals surface area (Å²) in [5, 5.41) is 17.8. The highest BCUT2D eigenvalue weighted by atomic mass is 16.6. The minimum atomic E-state index is -0.346. The smallest absolute Gasteiger partial charge is 0.277 e. The minimum Gasteiger partial charge on any atom is -0.456 e. The zero-order chi connectivity index (χ0) is 22.1. The second kappa shape index (κ2) is 6.43. The van der Waals surface area contributed by atoms with E-state index >= 15 is 0 Å². The molecule has 0 amide bonds. The van der Waals surface area contributed by atoms with Crippen LogP contribution in [0.5, 0.6) is 0 Å². The number of hydrogen-bond acceptors (Lipinski definition) is 4. The van der Waals surface area contributed by atoms with Gasteiger partial charge in [0.15, 0.2) is 0 Å². The van der Waals surface area contributed by atoms with E-state index in [4.69, 9.17) is 8.83 Å². The Balaban J connectivity index is 1.77. The van der Waals surface area contributed by atoms with Crippen LogP contribution in [0.1, 0.15) is 0 Å². The van der Waals surface area contributed by atoms with Crippen LogP contribution in [-0.4, -0.2) is 4.92 Å². The molecule has 7 rings (SSSR count). The summed E-state index contributed by atoms with van der Waals surface area (Å²) in [6.07, 6.45) is 0. The molecule has 0 N–H and O–H groups in total. The molecule has 2 heterocycles. The third-order valence-electron chi connectivity index (χ3n) is 6.36. The van der Waals surface area contributed by atoms with Gasteiger partial charge in [-0.2, -0.15) is 0 Å². The van der Waals surface area contributed by atoms with Gasteiger partial charge in [0.25, 0.3) is 5.69 Å². The van der Waals surface area contributed by atoms with Crippen LogP contribution in [0.3, 0.4) is 0 Å². The van der Waals surface area contributed by atoms with E-state index in [2.05, 4.69) is 6.07 Å². The number of furan rings is 2. The van der Waals surface area contributed by atoms with Gasteiger partial charge in [0.1, 0.15) is 22.3 Å². The predicted molar refractivity (Wildman–Crippen MR) is 131 cm³/mol. The molecule has 0 radical (unpaired) electrons. The summed E-state index contributed by atoms with van der Waals surface area (Å²) < 4.78 is 12.5. The van der Waals surface area contributed by atoms with E-state index in [0.717, 1.165) is 49.1 Å². The Morgan fingerprint density at radius 1 is 0.606 bits per heavy atom. The number of nitro benzene ring substituents is 1. The highest BCUT2D eigenvalue weighted by Crippen LogP contribution is 2.46. The Hall–Kier alpha value is -4.64. The zero-order valence-electron chi connectivity index (χ0n) is 17.2. The molecule has 0 bridgehead atoms. The maximum atomic E-state index is 11.8. The molecule has 5 nitrogen and oxygen atoms in total. The molecule has 0 aliphatic heterocycles. The molecular weight excluding hydrogens is 414 g/mol. The largest absolute Gasteiger partial charge is 0.456 e. The molecule has 0 aliphatic carbocycles. The molecule has 156 valence electrons. The number of nitrogens with zero attached hydrogens (tertiary/aromatic N) is 1. The van der Waals surface area contributed by atoms with E-state index in [1.165, 1.54) is 6.07 Å². The minimum absolute atomic E-state index is 0.0495. The highest BCUT2D eigenvalue weighted by molar-refractivity contribution is 6.32. The quantitative estimate of drug-likeness (QED) is 0.205. The number of hydrogen-bond donors (Lipinski definition) is 0. The van der Waals surface area contributed by atoms with E-state index in [1.54, 1.807) is 12.1 Å². The summed E-state index contributed by atoms with van der Waals surface area (Å²) >= 11 is 0. The van der Waals surface area contributed by atoms with Gasteiger partial charge in [-0.05, 0) is 35.7 Å². The lowest BCUT2D eigenvalue weighted by Gasteiger charge is -2.09. The number of nitro groups is 1. The first-order chi connectivity index (χ1) is 16.2. The Kier molecular flexibility index (Phi) is 3.51. The second-order valence-corrected chi connectivity index (χ2v) is 8.14. The van der Waals surface area contributed by atoms with Gasteiger partial charge >= 0.3 is 0 Å². The Bertz CT molecular complexity index is 1910. The van der Waals surface area contributed by atoms with E-state index in [0.29, 0.717) is 16.7 Å². The van der Waals surface area contributed by atoms with Crippen LogP contribution in [0.15, 0.2) is 99.8 Å². The third-order valence-corrected chi connectivity index (χ3v) is 6.36. The fourth-order valence-electron chi connectivity index (χ4n) is 4.99. The third kappa shape index (κ3) is 2.41. The molecule has 0 fully saturated rings. The zero-order valence-corrected chi connectivity index (χ0v) is 17.2. The molecule has 5 heteroatoms. The number of benzene rings is 5. The lowest BCUT2D eigenvalue weighted by Crippen LogP contribution is -1.92. The standard InChI is InChI=1S/C28H15NO4/c30-29(31)21-10-4-1-7-17(21)20-15-16-13-14-24-26(18-8-2-5-11-22(18)32-24)25(16)27-19-9-3-6-12-23(19)33-28(20)27/h1-15H. The van der Waals surface area contributed by atoms with Crippen LogP contribution < -0.4 is 0 Å². The lowest BCUT2D eigenvalue weighted by molar-refractivity contribution is -0.384. The van der Waals surface area contributed by atoms with Crippen molar-refractivity contribution in [2.75, 3.05) is 0 Å². The molecular formula is C28H15NO4. The van der Waals surface area contributed by atoms with Crippen molar-refractivity contribution in [2.24, 2.45) is 0 Å². The first-order valence-electron chi connectivity index (χ1n) is 10.6. The van der Waals surface area contributed by atoms with Crippen LogP contribution in [-0.2, 0) is 0 Å². The molecule has 0 atom stereocenters. The monoisotopic (exact) mass is 429 g/mol. The van der Waals surface area contributed by atoms with Crippen molar-refractivity contribution in [3.05, 3.63) is 101 Å². The first kappa shape index (κ1) is 18.0. The molecule has 2 aromatic heterocycles. The average molecular weight is 429 g/mol. The van der Waals surface area contributed by atoms with Gasteiger partial charge < -0.3 is 8.83 Å². The van der Waals surface area contributed by atoms with Crippen molar-refractivity contribution in [2.45, 2.75) is 0 Å². The number of para-hydroxylation sites is 3. The molecule has 0 spiro atoms. The van der Waals surface area contributed by atoms with Gasteiger partial charge in [-0.15, -0.1) is 0 Å². The van der Waals surface area contributed by atoms with Crippen LogP contribution >= 0.6 is 0 Å². The molecule has 0 unspecified atom stereocenters. The van der Waals surface area contributed by atoms with Crippen molar-refractivity contribution >= 4 is 60.3 Å². The fourth-order valence-corrected chi connectivity index (χ4v) is 4.99. The maximum absolute atomic E-state index is 11.8. The van der Waals surface area contributed by atoms with Crippen LogP contribution in [0.4, 0.5) is 5.69 Å². The molecule has 33 heavy (non-hydrogen) atoms. The normalized spacial score (nSPS) is 11.9. The van der Waals surface area contributed by atoms with Crippen molar-refractivity contribution < 1.29 is 13.8 Å². The van der Waals surface area contributed by atoms with Crippen molar-refractivity contribution in [1.29, 1.82) is 0 Å². The van der Waals surface area contributed by atoms with Crippen molar-refractivity contribution in [3.63, 3.8) is 0 Å².